The van der Waals surface area contributed by atoms with Crippen LogP contribution in [0.1, 0.15) is 28.8 Å². The Kier molecular flexibility index (Phi) is 5.83. The Balaban J connectivity index is 1.28. The van der Waals surface area contributed by atoms with Crippen LogP contribution in [-0.4, -0.2) is 43.0 Å². The average Bonchev–Trinajstić information content (AvgIpc) is 2.77. The van der Waals surface area contributed by atoms with E-state index in [9.17, 15) is 18.4 Å². The summed E-state index contributed by atoms with van der Waals surface area (Å²) < 4.78 is 37.9. The second-order valence-corrected chi connectivity index (χ2v) is 7.39. The molecule has 1 N–H and O–H groups in total. The SMILES string of the molecule is O=C(NCc1ccc2c(c1)OCCO2)C1CCN(C(=O)c2ccc(F)cc2F)CC1. The quantitative estimate of drug-likeness (QED) is 0.832. The fourth-order valence-electron chi connectivity index (χ4n) is 3.71. The molecule has 6 nitrogen and oxygen atoms in total. The minimum absolute atomic E-state index is 0.0787. The lowest BCUT2D eigenvalue weighted by molar-refractivity contribution is -0.126. The molecule has 2 aromatic rings. The maximum absolute atomic E-state index is 13.9. The van der Waals surface area contributed by atoms with Gasteiger partial charge in [-0.2, -0.15) is 0 Å². The number of rotatable bonds is 4. The second-order valence-electron chi connectivity index (χ2n) is 7.39. The Morgan fingerprint density at radius 2 is 1.73 bits per heavy atom. The fourth-order valence-corrected chi connectivity index (χ4v) is 3.71. The lowest BCUT2D eigenvalue weighted by Crippen LogP contribution is -2.43. The predicted molar refractivity (Wildman–Crippen MR) is 104 cm³/mol. The van der Waals surface area contributed by atoms with Crippen LogP contribution in [0.5, 0.6) is 11.5 Å². The van der Waals surface area contributed by atoms with Crippen LogP contribution in [0.2, 0.25) is 0 Å². The molecule has 1 saturated heterocycles. The summed E-state index contributed by atoms with van der Waals surface area (Å²) in [5.41, 5.74) is 0.755. The van der Waals surface area contributed by atoms with Gasteiger partial charge in [-0.1, -0.05) is 6.07 Å². The molecule has 0 bridgehead atoms. The zero-order valence-corrected chi connectivity index (χ0v) is 16.3. The first kappa shape index (κ1) is 20.1. The number of carbonyl (C=O) groups excluding carboxylic acids is 2. The van der Waals surface area contributed by atoms with Gasteiger partial charge in [-0.15, -0.1) is 0 Å². The number of hydrogen-bond donors (Lipinski definition) is 1. The van der Waals surface area contributed by atoms with Crippen LogP contribution in [0.3, 0.4) is 0 Å². The molecule has 0 spiro atoms. The number of benzene rings is 2. The number of nitrogens with one attached hydrogen (secondary N) is 1. The lowest BCUT2D eigenvalue weighted by atomic mass is 9.95. The average molecular weight is 416 g/mol. The van der Waals surface area contributed by atoms with E-state index in [-0.39, 0.29) is 17.4 Å². The molecule has 0 radical (unpaired) electrons. The summed E-state index contributed by atoms with van der Waals surface area (Å²) in [6.45, 7) is 2.09. The van der Waals surface area contributed by atoms with Gasteiger partial charge in [0.25, 0.3) is 5.91 Å². The van der Waals surface area contributed by atoms with Gasteiger partial charge in [0, 0.05) is 31.6 Å². The van der Waals surface area contributed by atoms with E-state index in [1.54, 1.807) is 0 Å². The smallest absolute Gasteiger partial charge is 0.256 e. The third-order valence-corrected chi connectivity index (χ3v) is 5.39. The number of fused-ring (bicyclic) bond motifs is 1. The monoisotopic (exact) mass is 416 g/mol. The maximum atomic E-state index is 13.9. The van der Waals surface area contributed by atoms with Crippen molar-refractivity contribution in [3.05, 3.63) is 59.2 Å². The van der Waals surface area contributed by atoms with Crippen LogP contribution in [0.4, 0.5) is 8.78 Å². The molecule has 2 aliphatic heterocycles. The van der Waals surface area contributed by atoms with Crippen molar-refractivity contribution in [1.82, 2.24) is 10.2 Å². The molecular weight excluding hydrogens is 394 g/mol. The van der Waals surface area contributed by atoms with Gasteiger partial charge in [-0.25, -0.2) is 8.78 Å². The van der Waals surface area contributed by atoms with E-state index in [1.807, 2.05) is 18.2 Å². The van der Waals surface area contributed by atoms with E-state index in [0.29, 0.717) is 63.3 Å². The molecule has 158 valence electrons. The standard InChI is InChI=1S/C22H22F2N2O4/c23-16-2-3-17(18(24)12-16)22(28)26-7-5-15(6-8-26)21(27)25-13-14-1-4-19-20(11-14)30-10-9-29-19/h1-4,11-12,15H,5-10,13H2,(H,25,27). The summed E-state index contributed by atoms with van der Waals surface area (Å²) in [5, 5.41) is 2.93. The molecule has 2 aliphatic rings. The first-order valence-corrected chi connectivity index (χ1v) is 9.92. The second kappa shape index (κ2) is 8.69. The Morgan fingerprint density at radius 1 is 1.00 bits per heavy atom. The van der Waals surface area contributed by atoms with E-state index >= 15 is 0 Å². The molecule has 0 aliphatic carbocycles. The molecule has 8 heteroatoms. The summed E-state index contributed by atoms with van der Waals surface area (Å²) in [4.78, 5) is 26.5. The van der Waals surface area contributed by atoms with E-state index in [1.165, 1.54) is 4.90 Å². The molecule has 2 amide bonds. The summed E-state index contributed by atoms with van der Waals surface area (Å²) in [6.07, 6.45) is 0.975. The molecule has 4 rings (SSSR count). The van der Waals surface area contributed by atoms with Gasteiger partial charge >= 0.3 is 0 Å². The van der Waals surface area contributed by atoms with Crippen LogP contribution >= 0.6 is 0 Å². The van der Waals surface area contributed by atoms with Crippen LogP contribution in [0.15, 0.2) is 36.4 Å². The highest BCUT2D eigenvalue weighted by atomic mass is 19.1. The van der Waals surface area contributed by atoms with E-state index in [4.69, 9.17) is 9.47 Å². The summed E-state index contributed by atoms with van der Waals surface area (Å²) in [7, 11) is 0. The Morgan fingerprint density at radius 3 is 2.47 bits per heavy atom. The molecule has 2 aromatic carbocycles. The van der Waals surface area contributed by atoms with Crippen LogP contribution in [0, 0.1) is 17.6 Å². The van der Waals surface area contributed by atoms with Gasteiger partial charge in [0.1, 0.15) is 24.8 Å². The highest BCUT2D eigenvalue weighted by molar-refractivity contribution is 5.94. The summed E-state index contributed by atoms with van der Waals surface area (Å²) in [5.74, 6) is -1.01. The maximum Gasteiger partial charge on any atom is 0.256 e. The first-order chi connectivity index (χ1) is 14.5. The molecule has 0 aromatic heterocycles. The normalized spacial score (nSPS) is 16.3. The van der Waals surface area contributed by atoms with Gasteiger partial charge in [-0.05, 0) is 42.7 Å². The lowest BCUT2D eigenvalue weighted by Gasteiger charge is -2.31. The minimum Gasteiger partial charge on any atom is -0.486 e. The zero-order valence-electron chi connectivity index (χ0n) is 16.3. The van der Waals surface area contributed by atoms with E-state index in [2.05, 4.69) is 5.32 Å². The number of nitrogens with zero attached hydrogens (tertiary/aromatic N) is 1. The molecule has 0 unspecified atom stereocenters. The molecule has 2 heterocycles. The number of hydrogen-bond acceptors (Lipinski definition) is 4. The van der Waals surface area contributed by atoms with Gasteiger partial charge < -0.3 is 19.7 Å². The number of likely N-dealkylation sites (tertiary alicyclic amines) is 1. The first-order valence-electron chi connectivity index (χ1n) is 9.92. The minimum atomic E-state index is -0.876. The topological polar surface area (TPSA) is 67.9 Å². The number of carbonyl (C=O) groups is 2. The number of halogens is 2. The third-order valence-electron chi connectivity index (χ3n) is 5.39. The molecular formula is C22H22F2N2O4. The van der Waals surface area contributed by atoms with Crippen LogP contribution in [0.25, 0.3) is 0 Å². The Bertz CT molecular complexity index is 958. The molecule has 1 fully saturated rings. The van der Waals surface area contributed by atoms with Gasteiger partial charge in [-0.3, -0.25) is 9.59 Å². The highest BCUT2D eigenvalue weighted by Gasteiger charge is 2.29. The van der Waals surface area contributed by atoms with Gasteiger partial charge in [0.05, 0.1) is 5.56 Å². The fraction of sp³-hybridized carbons (Fsp3) is 0.364. The van der Waals surface area contributed by atoms with Crippen molar-refractivity contribution < 1.29 is 27.8 Å². The zero-order chi connectivity index (χ0) is 21.1. The Hall–Kier alpha value is -3.16. The van der Waals surface area contributed by atoms with Crippen molar-refractivity contribution in [2.45, 2.75) is 19.4 Å². The third kappa shape index (κ3) is 4.37. The largest absolute Gasteiger partial charge is 0.486 e. The highest BCUT2D eigenvalue weighted by Crippen LogP contribution is 2.30. The predicted octanol–water partition coefficient (Wildman–Crippen LogP) is 2.90. The Labute approximate surface area is 172 Å². The van der Waals surface area contributed by atoms with Gasteiger partial charge in [0.2, 0.25) is 5.91 Å². The van der Waals surface area contributed by atoms with Crippen molar-refractivity contribution >= 4 is 11.8 Å². The molecule has 0 atom stereocenters. The molecule has 30 heavy (non-hydrogen) atoms. The number of ether oxygens (including phenoxy) is 2. The van der Waals surface area contributed by atoms with E-state index in [0.717, 1.165) is 17.7 Å². The van der Waals surface area contributed by atoms with Crippen LogP contribution in [-0.2, 0) is 11.3 Å². The van der Waals surface area contributed by atoms with Crippen molar-refractivity contribution in [2.75, 3.05) is 26.3 Å². The van der Waals surface area contributed by atoms with Crippen molar-refractivity contribution in [3.63, 3.8) is 0 Å². The number of piperidine rings is 1. The number of amides is 2. The van der Waals surface area contributed by atoms with Gasteiger partial charge in [0.15, 0.2) is 11.5 Å². The van der Waals surface area contributed by atoms with Crippen molar-refractivity contribution in [2.24, 2.45) is 5.92 Å². The van der Waals surface area contributed by atoms with E-state index < -0.39 is 17.5 Å². The van der Waals surface area contributed by atoms with Crippen molar-refractivity contribution in [3.8, 4) is 11.5 Å². The van der Waals surface area contributed by atoms with Crippen LogP contribution < -0.4 is 14.8 Å². The van der Waals surface area contributed by atoms with Crippen molar-refractivity contribution in [1.29, 1.82) is 0 Å². The summed E-state index contributed by atoms with van der Waals surface area (Å²) in [6, 6.07) is 8.48. The molecule has 0 saturated carbocycles. The summed E-state index contributed by atoms with van der Waals surface area (Å²) >= 11 is 0.